The number of benzene rings is 2. The largest absolute Gasteiger partial charge is 0.495 e. The summed E-state index contributed by atoms with van der Waals surface area (Å²) in [5, 5.41) is 3.57. The maximum absolute atomic E-state index is 12.8. The van der Waals surface area contributed by atoms with Gasteiger partial charge in [-0.05, 0) is 61.5 Å². The minimum atomic E-state index is -4.46. The van der Waals surface area contributed by atoms with Gasteiger partial charge in [-0.15, -0.1) is 0 Å². The van der Waals surface area contributed by atoms with Crippen LogP contribution in [0.3, 0.4) is 0 Å². The molecule has 0 saturated carbocycles. The molecule has 0 aliphatic rings. The Balaban J connectivity index is 2.17. The zero-order valence-electron chi connectivity index (χ0n) is 17.1. The fraction of sp³-hybridized carbons (Fsp3) is 0.333. The molecule has 0 spiro atoms. The molecule has 0 radical (unpaired) electrons. The van der Waals surface area contributed by atoms with Gasteiger partial charge in [-0.1, -0.05) is 12.1 Å². The molecule has 0 aliphatic heterocycles. The highest BCUT2D eigenvalue weighted by atomic mass is 32.1. The number of anilines is 1. The number of alkyl halides is 3. The number of methoxy groups -OCH3 is 1. The van der Waals surface area contributed by atoms with E-state index in [0.717, 1.165) is 12.1 Å². The van der Waals surface area contributed by atoms with E-state index >= 15 is 0 Å². The van der Waals surface area contributed by atoms with Crippen LogP contribution >= 0.6 is 12.2 Å². The van der Waals surface area contributed by atoms with Crippen molar-refractivity contribution >= 4 is 29.0 Å². The maximum atomic E-state index is 12.8. The number of ether oxygens (including phenoxy) is 2. The molecule has 0 atom stereocenters. The molecule has 1 N–H and O–H groups in total. The Morgan fingerprint density at radius 1 is 1.23 bits per heavy atom. The molecule has 2 aromatic carbocycles. The minimum Gasteiger partial charge on any atom is -0.495 e. The third-order valence-corrected chi connectivity index (χ3v) is 4.87. The van der Waals surface area contributed by atoms with E-state index in [4.69, 9.17) is 21.7 Å². The Morgan fingerprint density at radius 2 is 1.93 bits per heavy atom. The predicted octanol–water partition coefficient (Wildman–Crippen LogP) is 5.03. The first-order valence-corrected chi connectivity index (χ1v) is 9.51. The molecule has 2 rings (SSSR count). The summed E-state index contributed by atoms with van der Waals surface area (Å²) in [6, 6.07) is 7.88. The van der Waals surface area contributed by atoms with Gasteiger partial charge >= 0.3 is 12.1 Å². The molecule has 2 aromatic rings. The molecule has 162 valence electrons. The number of nitrogens with one attached hydrogen (secondary N) is 1. The predicted molar refractivity (Wildman–Crippen MR) is 113 cm³/mol. The number of aryl methyl sites for hydroxylation is 1. The molecule has 0 heterocycles. The quantitative estimate of drug-likeness (QED) is 0.502. The van der Waals surface area contributed by atoms with Crippen molar-refractivity contribution < 1.29 is 27.4 Å². The van der Waals surface area contributed by atoms with Crippen LogP contribution in [-0.2, 0) is 17.5 Å². The summed E-state index contributed by atoms with van der Waals surface area (Å²) in [5.41, 5.74) is 0.898. The van der Waals surface area contributed by atoms with Gasteiger partial charge in [0.2, 0.25) is 0 Å². The Kier molecular flexibility index (Phi) is 7.66. The first-order valence-electron chi connectivity index (χ1n) is 9.10. The first-order chi connectivity index (χ1) is 14.1. The van der Waals surface area contributed by atoms with Crippen LogP contribution in [0.25, 0.3) is 0 Å². The van der Waals surface area contributed by atoms with E-state index < -0.39 is 17.7 Å². The van der Waals surface area contributed by atoms with Gasteiger partial charge in [-0.25, -0.2) is 4.79 Å². The molecule has 9 heteroatoms. The third kappa shape index (κ3) is 5.85. The summed E-state index contributed by atoms with van der Waals surface area (Å²) in [6.45, 7) is 4.11. The highest BCUT2D eigenvalue weighted by Crippen LogP contribution is 2.31. The van der Waals surface area contributed by atoms with Crippen molar-refractivity contribution in [2.24, 2.45) is 0 Å². The SMILES string of the molecule is CCN(C)C(=S)Nc1cc(C)c(C(=O)OCc2cccc(C(F)(F)F)c2)cc1OC. The fourth-order valence-electron chi connectivity index (χ4n) is 2.59. The third-order valence-electron chi connectivity index (χ3n) is 4.45. The monoisotopic (exact) mass is 440 g/mol. The zero-order valence-corrected chi connectivity index (χ0v) is 17.9. The van der Waals surface area contributed by atoms with Crippen molar-refractivity contribution in [1.29, 1.82) is 0 Å². The van der Waals surface area contributed by atoms with E-state index in [1.165, 1.54) is 25.3 Å². The summed E-state index contributed by atoms with van der Waals surface area (Å²) in [7, 11) is 3.30. The molecule has 0 fully saturated rings. The van der Waals surface area contributed by atoms with Crippen LogP contribution in [0.15, 0.2) is 36.4 Å². The van der Waals surface area contributed by atoms with Crippen LogP contribution < -0.4 is 10.1 Å². The molecule has 0 aliphatic carbocycles. The summed E-state index contributed by atoms with van der Waals surface area (Å²) in [4.78, 5) is 14.4. The van der Waals surface area contributed by atoms with E-state index in [9.17, 15) is 18.0 Å². The normalized spacial score (nSPS) is 11.0. The average molecular weight is 440 g/mol. The molecule has 30 heavy (non-hydrogen) atoms. The zero-order chi connectivity index (χ0) is 22.5. The van der Waals surface area contributed by atoms with Gasteiger partial charge in [-0.3, -0.25) is 0 Å². The molecule has 0 aromatic heterocycles. The number of nitrogens with zero attached hydrogens (tertiary/aromatic N) is 1. The molecule has 0 unspecified atom stereocenters. The van der Waals surface area contributed by atoms with Gasteiger partial charge in [0.25, 0.3) is 0 Å². The van der Waals surface area contributed by atoms with Gasteiger partial charge in [0.05, 0.1) is 23.9 Å². The van der Waals surface area contributed by atoms with Gasteiger partial charge in [0.1, 0.15) is 12.4 Å². The molecule has 0 amide bonds. The first kappa shape index (κ1) is 23.5. The topological polar surface area (TPSA) is 50.8 Å². The fourth-order valence-corrected chi connectivity index (χ4v) is 2.83. The summed E-state index contributed by atoms with van der Waals surface area (Å²) < 4.78 is 49.1. The number of carbonyl (C=O) groups excluding carboxylic acids is 1. The highest BCUT2D eigenvalue weighted by Gasteiger charge is 2.30. The summed E-state index contributed by atoms with van der Waals surface area (Å²) in [5.74, 6) is -0.276. The van der Waals surface area contributed by atoms with E-state index in [2.05, 4.69) is 5.32 Å². The van der Waals surface area contributed by atoms with Crippen molar-refractivity contribution in [1.82, 2.24) is 4.90 Å². The van der Waals surface area contributed by atoms with E-state index in [0.29, 0.717) is 28.7 Å². The molecule has 0 saturated heterocycles. The number of halogens is 3. The maximum Gasteiger partial charge on any atom is 0.416 e. The van der Waals surface area contributed by atoms with E-state index in [-0.39, 0.29) is 17.7 Å². The second kappa shape index (κ2) is 9.80. The van der Waals surface area contributed by atoms with Gasteiger partial charge in [0.15, 0.2) is 5.11 Å². The van der Waals surface area contributed by atoms with Gasteiger partial charge < -0.3 is 19.7 Å². The van der Waals surface area contributed by atoms with Gasteiger partial charge in [-0.2, -0.15) is 13.2 Å². The number of hydrogen-bond acceptors (Lipinski definition) is 4. The second-order valence-corrected chi connectivity index (χ2v) is 6.97. The lowest BCUT2D eigenvalue weighted by Crippen LogP contribution is -2.30. The van der Waals surface area contributed by atoms with Crippen molar-refractivity contribution in [2.45, 2.75) is 26.6 Å². The van der Waals surface area contributed by atoms with Crippen molar-refractivity contribution in [3.05, 3.63) is 58.7 Å². The Labute approximate surface area is 178 Å². The molecule has 0 bridgehead atoms. The van der Waals surface area contributed by atoms with E-state index in [1.807, 2.05) is 18.9 Å². The summed E-state index contributed by atoms with van der Waals surface area (Å²) in [6.07, 6.45) is -4.46. The number of esters is 1. The lowest BCUT2D eigenvalue weighted by Gasteiger charge is -2.21. The lowest BCUT2D eigenvalue weighted by atomic mass is 10.1. The molecule has 5 nitrogen and oxygen atoms in total. The number of thiocarbonyl (C=S) groups is 1. The van der Waals surface area contributed by atoms with Crippen LogP contribution in [-0.4, -0.2) is 36.7 Å². The van der Waals surface area contributed by atoms with Crippen molar-refractivity contribution in [3.8, 4) is 5.75 Å². The van der Waals surface area contributed by atoms with Crippen LogP contribution in [0.2, 0.25) is 0 Å². The lowest BCUT2D eigenvalue weighted by molar-refractivity contribution is -0.137. The Morgan fingerprint density at radius 3 is 2.53 bits per heavy atom. The van der Waals surface area contributed by atoms with E-state index in [1.54, 1.807) is 13.0 Å². The standard InChI is InChI=1S/C21H23F3N2O3S/c1-5-26(3)20(30)25-17-9-13(2)16(11-18(17)28-4)19(27)29-12-14-7-6-8-15(10-14)21(22,23)24/h6-11H,5,12H2,1-4H3,(H,25,30). The van der Waals surface area contributed by atoms with Crippen LogP contribution in [0.5, 0.6) is 5.75 Å². The van der Waals surface area contributed by atoms with Gasteiger partial charge in [0, 0.05) is 13.6 Å². The number of hydrogen-bond donors (Lipinski definition) is 1. The molecular formula is C21H23F3N2O3S. The number of carbonyl (C=O) groups is 1. The second-order valence-electron chi connectivity index (χ2n) is 6.59. The highest BCUT2D eigenvalue weighted by molar-refractivity contribution is 7.80. The van der Waals surface area contributed by atoms with Crippen LogP contribution in [0.4, 0.5) is 18.9 Å². The van der Waals surface area contributed by atoms with Crippen molar-refractivity contribution in [3.63, 3.8) is 0 Å². The van der Waals surface area contributed by atoms with Crippen LogP contribution in [0, 0.1) is 6.92 Å². The summed E-state index contributed by atoms with van der Waals surface area (Å²) >= 11 is 5.31. The Bertz CT molecular complexity index is 932. The Hall–Kier alpha value is -2.81. The average Bonchev–Trinajstić information content (AvgIpc) is 2.71. The minimum absolute atomic E-state index is 0.244. The smallest absolute Gasteiger partial charge is 0.416 e. The number of rotatable bonds is 6. The van der Waals surface area contributed by atoms with Crippen molar-refractivity contribution in [2.75, 3.05) is 26.0 Å². The molecular weight excluding hydrogens is 417 g/mol. The van der Waals surface area contributed by atoms with Crippen LogP contribution in [0.1, 0.15) is 34.0 Å².